The third-order valence-corrected chi connectivity index (χ3v) is 13.1. The highest BCUT2D eigenvalue weighted by Gasteiger charge is 2.47. The van der Waals surface area contributed by atoms with E-state index < -0.39 is 43.1 Å². The molecule has 0 spiro atoms. The van der Waals surface area contributed by atoms with Crippen LogP contribution in [-0.4, -0.2) is 89.2 Å². The Morgan fingerprint density at radius 2 is 1.30 bits per heavy atom. The first-order valence-electron chi connectivity index (χ1n) is 19.9. The number of morpholine rings is 1. The highest BCUT2D eigenvalue weighted by Crippen LogP contribution is 2.52. The van der Waals surface area contributed by atoms with Gasteiger partial charge in [-0.1, -0.05) is 140 Å². The van der Waals surface area contributed by atoms with Crippen LogP contribution in [0.3, 0.4) is 0 Å². The molecular weight excluding hydrogens is 792 g/mol. The van der Waals surface area contributed by atoms with Gasteiger partial charge in [-0.15, -0.1) is 0 Å². The minimum absolute atomic E-state index is 0.0777. The van der Waals surface area contributed by atoms with Gasteiger partial charge < -0.3 is 19.3 Å². The Hall–Kier alpha value is -6.05. The van der Waals surface area contributed by atoms with E-state index in [9.17, 15) is 18.9 Å². The Balaban J connectivity index is 1.23. The zero-order valence-electron chi connectivity index (χ0n) is 34.3. The van der Waals surface area contributed by atoms with Gasteiger partial charge in [-0.3, -0.25) is 23.6 Å². The van der Waals surface area contributed by atoms with Crippen molar-refractivity contribution in [2.75, 3.05) is 52.7 Å². The molecule has 13 nitrogen and oxygen atoms in total. The lowest BCUT2D eigenvalue weighted by Crippen LogP contribution is -2.58. The van der Waals surface area contributed by atoms with E-state index in [1.54, 1.807) is 57.7 Å². The largest absolute Gasteiger partial charge is 0.460 e. The molecule has 1 fully saturated rings. The van der Waals surface area contributed by atoms with Gasteiger partial charge in [0.15, 0.2) is 6.23 Å². The Labute approximate surface area is 355 Å². The van der Waals surface area contributed by atoms with Gasteiger partial charge in [0.2, 0.25) is 0 Å². The number of amides is 1. The van der Waals surface area contributed by atoms with Gasteiger partial charge in [-0.25, -0.2) is 14.1 Å². The second kappa shape index (κ2) is 19.6. The van der Waals surface area contributed by atoms with Crippen molar-refractivity contribution in [3.8, 4) is 0 Å². The quantitative estimate of drug-likeness (QED) is 0.0611. The molecule has 3 atom stereocenters. The zero-order chi connectivity index (χ0) is 42.8. The van der Waals surface area contributed by atoms with Crippen LogP contribution in [0.15, 0.2) is 169 Å². The van der Waals surface area contributed by atoms with E-state index in [2.05, 4.69) is 51.6 Å². The number of esters is 1. The van der Waals surface area contributed by atoms with Gasteiger partial charge in [0.25, 0.3) is 5.91 Å². The van der Waals surface area contributed by atoms with Crippen molar-refractivity contribution in [2.45, 2.75) is 24.5 Å². The molecule has 6 aromatic rings. The van der Waals surface area contributed by atoms with Crippen molar-refractivity contribution >= 4 is 25.4 Å². The Morgan fingerprint density at radius 1 is 0.770 bits per heavy atom. The van der Waals surface area contributed by atoms with Crippen LogP contribution in [0.25, 0.3) is 0 Å². The topological polar surface area (TPSA) is 136 Å². The van der Waals surface area contributed by atoms with Crippen LogP contribution in [0.2, 0.25) is 0 Å². The van der Waals surface area contributed by atoms with E-state index in [1.165, 1.54) is 13.9 Å². The van der Waals surface area contributed by atoms with Crippen LogP contribution in [0.1, 0.15) is 38.8 Å². The van der Waals surface area contributed by atoms with Crippen LogP contribution < -0.4 is 11.0 Å². The third-order valence-electron chi connectivity index (χ3n) is 10.6. The molecule has 2 heterocycles. The summed E-state index contributed by atoms with van der Waals surface area (Å²) in [6.07, 6.45) is -0.122. The minimum atomic E-state index is -3.83. The number of nitrogens with one attached hydrogen (secondary N) is 1. The highest BCUT2D eigenvalue weighted by molar-refractivity contribution is 7.53. The molecule has 0 unspecified atom stereocenters. The first kappa shape index (κ1) is 43.1. The molecule has 0 bridgehead atoms. The van der Waals surface area contributed by atoms with Gasteiger partial charge >= 0.3 is 19.3 Å². The lowest BCUT2D eigenvalue weighted by Gasteiger charge is -2.50. The number of hydrogen-bond donors (Lipinski definition) is 1. The summed E-state index contributed by atoms with van der Waals surface area (Å²) in [5.74, 6) is -0.876. The monoisotopic (exact) mass is 840 g/mol. The van der Waals surface area contributed by atoms with Gasteiger partial charge in [0.1, 0.15) is 19.0 Å². The molecule has 0 saturated carbocycles. The van der Waals surface area contributed by atoms with Crippen LogP contribution in [0.4, 0.5) is 5.82 Å². The molecule has 14 heteroatoms. The highest BCUT2D eigenvalue weighted by atomic mass is 31.2. The van der Waals surface area contributed by atoms with Crippen LogP contribution in [0.5, 0.6) is 0 Å². The van der Waals surface area contributed by atoms with Crippen molar-refractivity contribution in [3.05, 3.63) is 202 Å². The average Bonchev–Trinajstić information content (AvgIpc) is 3.29. The maximum Gasteiger partial charge on any atom is 0.351 e. The molecule has 1 N–H and O–H groups in total. The maximum absolute atomic E-state index is 14.7. The minimum Gasteiger partial charge on any atom is -0.460 e. The SMILES string of the molecule is CN(C)[P@@](=O)(OC[C@@H]1CN(C(c2ccccc2)(c2ccccc2)c2ccccc2)C[C@H](n2ccc(NC(=O)c3ccccc3)nc2=O)O1)N(C)CC(=O)OCc1ccccc1. The number of benzene rings is 5. The molecule has 0 aliphatic carbocycles. The molecule has 5 aromatic carbocycles. The molecule has 1 aliphatic heterocycles. The summed E-state index contributed by atoms with van der Waals surface area (Å²) in [7, 11) is 0.964. The maximum atomic E-state index is 14.7. The van der Waals surface area contributed by atoms with E-state index in [-0.39, 0.29) is 38.7 Å². The fourth-order valence-corrected chi connectivity index (χ4v) is 9.35. The summed E-state index contributed by atoms with van der Waals surface area (Å²) in [6.45, 7) is 0.0990. The number of anilines is 1. The fraction of sp³-hybridized carbons (Fsp3) is 0.234. The van der Waals surface area contributed by atoms with E-state index >= 15 is 0 Å². The Kier molecular flexibility index (Phi) is 13.8. The number of likely N-dealkylation sites (N-methyl/N-ethyl adjacent to an activating group) is 1. The molecular formula is C47H49N6O7P. The number of hydrogen-bond acceptors (Lipinski definition) is 9. The van der Waals surface area contributed by atoms with Gasteiger partial charge in [0.05, 0.1) is 18.2 Å². The van der Waals surface area contributed by atoms with Gasteiger partial charge in [0, 0.05) is 24.8 Å². The first-order valence-corrected chi connectivity index (χ1v) is 21.5. The smallest absolute Gasteiger partial charge is 0.351 e. The number of ether oxygens (including phenoxy) is 2. The summed E-state index contributed by atoms with van der Waals surface area (Å²) < 4.78 is 37.5. The Morgan fingerprint density at radius 3 is 1.82 bits per heavy atom. The van der Waals surface area contributed by atoms with Crippen molar-refractivity contribution in [2.24, 2.45) is 0 Å². The number of rotatable bonds is 16. The third kappa shape index (κ3) is 9.79. The number of nitrogens with zero attached hydrogens (tertiary/aromatic N) is 5. The second-order valence-electron chi connectivity index (χ2n) is 14.8. The molecule has 1 aromatic heterocycles. The summed E-state index contributed by atoms with van der Waals surface area (Å²) in [4.78, 5) is 46.4. The molecule has 7 rings (SSSR count). The van der Waals surface area contributed by atoms with E-state index in [0.29, 0.717) is 5.56 Å². The standard InChI is InChI=1S/C47H49N6O7P/c1-50(2)61(57,51(3)33-44(54)58-34-36-19-9-4-10-20-36)59-35-41-31-52(32-43(60-41)53-30-29-42(49-46(53)56)48-45(55)37-21-11-5-12-22-37)47(38-23-13-6-14-24-38,39-25-15-7-16-26-39)40-27-17-8-18-28-40/h4-30,41,43H,31-35H2,1-3H3,(H,48,49,55,56)/t41-,43+,61+/m0/s1. The second-order valence-corrected chi connectivity index (χ2v) is 17.6. The summed E-state index contributed by atoms with van der Waals surface area (Å²) >= 11 is 0. The van der Waals surface area contributed by atoms with Crippen molar-refractivity contribution in [3.63, 3.8) is 0 Å². The number of carbonyl (C=O) groups excluding carboxylic acids is 2. The van der Waals surface area contributed by atoms with Crippen molar-refractivity contribution in [1.29, 1.82) is 0 Å². The van der Waals surface area contributed by atoms with Gasteiger partial charge in [-0.2, -0.15) is 4.98 Å². The van der Waals surface area contributed by atoms with Gasteiger partial charge in [-0.05, 0) is 61.6 Å². The van der Waals surface area contributed by atoms with E-state index in [4.69, 9.17) is 14.0 Å². The molecule has 1 aliphatic rings. The normalized spacial score (nSPS) is 16.8. The summed E-state index contributed by atoms with van der Waals surface area (Å²) in [5, 5.41) is 2.72. The number of aromatic nitrogens is 2. The van der Waals surface area contributed by atoms with Crippen LogP contribution in [0, 0.1) is 0 Å². The Bertz CT molecular complexity index is 2380. The summed E-state index contributed by atoms with van der Waals surface area (Å²) in [6, 6.07) is 49.9. The predicted octanol–water partition coefficient (Wildman–Crippen LogP) is 7.05. The zero-order valence-corrected chi connectivity index (χ0v) is 35.2. The van der Waals surface area contributed by atoms with Crippen molar-refractivity contribution < 1.29 is 28.2 Å². The predicted molar refractivity (Wildman–Crippen MR) is 234 cm³/mol. The molecule has 0 radical (unpaired) electrons. The van der Waals surface area contributed by atoms with Crippen molar-refractivity contribution in [1.82, 2.24) is 23.8 Å². The van der Waals surface area contributed by atoms with Crippen LogP contribution >= 0.6 is 7.67 Å². The fourth-order valence-electron chi connectivity index (χ4n) is 7.66. The lowest BCUT2D eigenvalue weighted by molar-refractivity contribution is -0.149. The summed E-state index contributed by atoms with van der Waals surface area (Å²) in [5.41, 5.74) is 2.63. The molecule has 61 heavy (non-hydrogen) atoms. The lowest BCUT2D eigenvalue weighted by atomic mass is 9.75. The molecule has 1 amide bonds. The number of carbonyl (C=O) groups is 2. The van der Waals surface area contributed by atoms with Crippen LogP contribution in [-0.2, 0) is 35.5 Å². The molecule has 1 saturated heterocycles. The van der Waals surface area contributed by atoms with E-state index in [1.807, 2.05) is 91.0 Å². The molecule has 314 valence electrons. The first-order chi connectivity index (χ1) is 29.6. The average molecular weight is 841 g/mol. The van der Waals surface area contributed by atoms with E-state index in [0.717, 1.165) is 22.3 Å².